The maximum absolute atomic E-state index is 4.43. The van der Waals surface area contributed by atoms with Crippen LogP contribution in [0.4, 0.5) is 11.6 Å². The predicted molar refractivity (Wildman–Crippen MR) is 88.8 cm³/mol. The maximum Gasteiger partial charge on any atom is 0.134 e. The van der Waals surface area contributed by atoms with Crippen LogP contribution in [0.3, 0.4) is 0 Å². The fourth-order valence-corrected chi connectivity index (χ4v) is 2.49. The van der Waals surface area contributed by atoms with Crippen molar-refractivity contribution in [2.45, 2.75) is 39.2 Å². The van der Waals surface area contributed by atoms with E-state index in [1.165, 1.54) is 11.1 Å². The lowest BCUT2D eigenvalue weighted by Crippen LogP contribution is -2.20. The molecule has 0 aliphatic carbocycles. The molecule has 2 N–H and O–H groups in total. The first-order valence-electron chi connectivity index (χ1n) is 7.56. The molecule has 0 fully saturated rings. The van der Waals surface area contributed by atoms with Crippen LogP contribution in [0, 0.1) is 0 Å². The molecule has 1 heterocycles. The normalized spacial score (nSPS) is 12.0. The molecule has 0 radical (unpaired) electrons. The van der Waals surface area contributed by atoms with Gasteiger partial charge in [0.2, 0.25) is 0 Å². The largest absolute Gasteiger partial charge is 0.373 e. The van der Waals surface area contributed by atoms with E-state index in [0.717, 1.165) is 30.9 Å². The van der Waals surface area contributed by atoms with E-state index in [0.29, 0.717) is 6.04 Å². The van der Waals surface area contributed by atoms with E-state index >= 15 is 0 Å². The van der Waals surface area contributed by atoms with E-state index < -0.39 is 0 Å². The lowest BCUT2D eigenvalue weighted by molar-refractivity contribution is 0.776. The molecule has 4 nitrogen and oxygen atoms in total. The average Bonchev–Trinajstić information content (AvgIpc) is 2.50. The van der Waals surface area contributed by atoms with Gasteiger partial charge in [0.25, 0.3) is 0 Å². The third kappa shape index (κ3) is 4.18. The van der Waals surface area contributed by atoms with Crippen LogP contribution in [0.2, 0.25) is 0 Å². The SMILES string of the molecule is CCCc1c(NC)ncnc1NC(C)Cc1ccccc1. The molecule has 2 rings (SSSR count). The van der Waals surface area contributed by atoms with E-state index in [1.807, 2.05) is 13.1 Å². The van der Waals surface area contributed by atoms with Crippen LogP contribution in [0.25, 0.3) is 0 Å². The first-order chi connectivity index (χ1) is 10.2. The van der Waals surface area contributed by atoms with Crippen molar-refractivity contribution in [2.75, 3.05) is 17.7 Å². The number of benzene rings is 1. The van der Waals surface area contributed by atoms with Gasteiger partial charge in [-0.1, -0.05) is 43.7 Å². The van der Waals surface area contributed by atoms with Crippen LogP contribution in [-0.2, 0) is 12.8 Å². The smallest absolute Gasteiger partial charge is 0.134 e. The minimum atomic E-state index is 0.322. The summed E-state index contributed by atoms with van der Waals surface area (Å²) in [5.74, 6) is 1.86. The van der Waals surface area contributed by atoms with E-state index in [-0.39, 0.29) is 0 Å². The van der Waals surface area contributed by atoms with Crippen molar-refractivity contribution >= 4 is 11.6 Å². The van der Waals surface area contributed by atoms with Crippen molar-refractivity contribution in [3.8, 4) is 0 Å². The van der Waals surface area contributed by atoms with Crippen LogP contribution in [0.15, 0.2) is 36.7 Å². The molecule has 21 heavy (non-hydrogen) atoms. The van der Waals surface area contributed by atoms with Crippen molar-refractivity contribution in [1.29, 1.82) is 0 Å². The van der Waals surface area contributed by atoms with Crippen LogP contribution < -0.4 is 10.6 Å². The summed E-state index contributed by atoms with van der Waals surface area (Å²) < 4.78 is 0. The highest BCUT2D eigenvalue weighted by atomic mass is 15.1. The quantitative estimate of drug-likeness (QED) is 0.817. The summed E-state index contributed by atoms with van der Waals surface area (Å²) in [7, 11) is 1.90. The monoisotopic (exact) mass is 284 g/mol. The highest BCUT2D eigenvalue weighted by molar-refractivity contribution is 5.57. The maximum atomic E-state index is 4.43. The second kappa shape index (κ2) is 7.62. The molecule has 112 valence electrons. The molecule has 2 aromatic rings. The van der Waals surface area contributed by atoms with Crippen molar-refractivity contribution in [3.63, 3.8) is 0 Å². The molecule has 0 saturated heterocycles. The summed E-state index contributed by atoms with van der Waals surface area (Å²) >= 11 is 0. The van der Waals surface area contributed by atoms with Gasteiger partial charge in [-0.15, -0.1) is 0 Å². The minimum Gasteiger partial charge on any atom is -0.373 e. The summed E-state index contributed by atoms with van der Waals surface area (Å²) in [6.07, 6.45) is 4.63. The fourth-order valence-electron chi connectivity index (χ4n) is 2.49. The Bertz CT molecular complexity index is 554. The second-order valence-corrected chi connectivity index (χ2v) is 5.28. The molecule has 1 unspecified atom stereocenters. The molecule has 0 aliphatic rings. The predicted octanol–water partition coefficient (Wildman–Crippen LogP) is 3.51. The molecular weight excluding hydrogens is 260 g/mol. The Morgan fingerprint density at radius 1 is 1.10 bits per heavy atom. The van der Waals surface area contributed by atoms with Gasteiger partial charge in [-0.2, -0.15) is 0 Å². The minimum absolute atomic E-state index is 0.322. The standard InChI is InChI=1S/C17H24N4/c1-4-8-15-16(18-3)19-12-20-17(15)21-13(2)11-14-9-6-5-7-10-14/h5-7,9-10,12-13H,4,8,11H2,1-3H3,(H2,18,19,20,21). The molecule has 0 aliphatic heterocycles. The van der Waals surface area contributed by atoms with Crippen LogP contribution >= 0.6 is 0 Å². The Kier molecular flexibility index (Phi) is 5.55. The topological polar surface area (TPSA) is 49.8 Å². The Morgan fingerprint density at radius 3 is 2.48 bits per heavy atom. The first kappa shape index (κ1) is 15.3. The summed E-state index contributed by atoms with van der Waals surface area (Å²) in [5.41, 5.74) is 2.50. The van der Waals surface area contributed by atoms with Gasteiger partial charge in [0, 0.05) is 18.7 Å². The molecule has 4 heteroatoms. The summed E-state index contributed by atoms with van der Waals surface area (Å²) in [6.45, 7) is 4.35. The summed E-state index contributed by atoms with van der Waals surface area (Å²) in [5, 5.41) is 6.68. The van der Waals surface area contributed by atoms with Crippen LogP contribution in [0.5, 0.6) is 0 Å². The highest BCUT2D eigenvalue weighted by Crippen LogP contribution is 2.22. The van der Waals surface area contributed by atoms with Crippen molar-refractivity contribution < 1.29 is 0 Å². The van der Waals surface area contributed by atoms with Gasteiger partial charge in [-0.3, -0.25) is 0 Å². The Balaban J connectivity index is 2.11. The Labute approximate surface area is 127 Å². The first-order valence-corrected chi connectivity index (χ1v) is 7.56. The Morgan fingerprint density at radius 2 is 1.81 bits per heavy atom. The molecule has 0 spiro atoms. The van der Waals surface area contributed by atoms with E-state index in [4.69, 9.17) is 0 Å². The molecule has 1 aromatic carbocycles. The number of anilines is 2. The zero-order valence-corrected chi connectivity index (χ0v) is 13.1. The molecule has 0 amide bonds. The van der Waals surface area contributed by atoms with Crippen molar-refractivity contribution in [1.82, 2.24) is 9.97 Å². The lowest BCUT2D eigenvalue weighted by Gasteiger charge is -2.18. The van der Waals surface area contributed by atoms with Gasteiger partial charge in [0.1, 0.15) is 18.0 Å². The fraction of sp³-hybridized carbons (Fsp3) is 0.412. The third-order valence-electron chi connectivity index (χ3n) is 3.45. The van der Waals surface area contributed by atoms with Crippen molar-refractivity contribution in [3.05, 3.63) is 47.8 Å². The molecule has 0 saturated carbocycles. The molecule has 1 aromatic heterocycles. The summed E-state index contributed by atoms with van der Waals surface area (Å²) in [4.78, 5) is 8.73. The molecule has 1 atom stereocenters. The van der Waals surface area contributed by atoms with Gasteiger partial charge < -0.3 is 10.6 Å². The second-order valence-electron chi connectivity index (χ2n) is 5.28. The number of aromatic nitrogens is 2. The summed E-state index contributed by atoms with van der Waals surface area (Å²) in [6, 6.07) is 10.8. The van der Waals surface area contributed by atoms with Gasteiger partial charge >= 0.3 is 0 Å². The van der Waals surface area contributed by atoms with Crippen LogP contribution in [0.1, 0.15) is 31.4 Å². The highest BCUT2D eigenvalue weighted by Gasteiger charge is 2.12. The Hall–Kier alpha value is -2.10. The van der Waals surface area contributed by atoms with Gasteiger partial charge in [0.15, 0.2) is 0 Å². The zero-order valence-electron chi connectivity index (χ0n) is 13.1. The number of nitrogens with one attached hydrogen (secondary N) is 2. The van der Waals surface area contributed by atoms with E-state index in [9.17, 15) is 0 Å². The van der Waals surface area contributed by atoms with Crippen LogP contribution in [-0.4, -0.2) is 23.1 Å². The number of nitrogens with zero attached hydrogens (tertiary/aromatic N) is 2. The average molecular weight is 284 g/mol. The molecule has 0 bridgehead atoms. The third-order valence-corrected chi connectivity index (χ3v) is 3.45. The number of hydrogen-bond donors (Lipinski definition) is 2. The van der Waals surface area contributed by atoms with E-state index in [2.05, 4.69) is 58.7 Å². The van der Waals surface area contributed by atoms with Gasteiger partial charge in [-0.25, -0.2) is 9.97 Å². The van der Waals surface area contributed by atoms with Gasteiger partial charge in [0.05, 0.1) is 0 Å². The van der Waals surface area contributed by atoms with Crippen molar-refractivity contribution in [2.24, 2.45) is 0 Å². The van der Waals surface area contributed by atoms with E-state index in [1.54, 1.807) is 6.33 Å². The van der Waals surface area contributed by atoms with Gasteiger partial charge in [-0.05, 0) is 25.3 Å². The number of rotatable bonds is 7. The zero-order chi connectivity index (χ0) is 15.1. The molecular formula is C17H24N4. The number of hydrogen-bond acceptors (Lipinski definition) is 4. The lowest BCUT2D eigenvalue weighted by atomic mass is 10.1.